The largest absolute Gasteiger partial charge is 0.481 e. The number of rotatable bonds is 6. The van der Waals surface area contributed by atoms with Crippen molar-refractivity contribution in [1.82, 2.24) is 4.90 Å². The highest BCUT2D eigenvalue weighted by Gasteiger charge is 2.48. The number of benzene rings is 1. The van der Waals surface area contributed by atoms with Crippen molar-refractivity contribution in [1.29, 1.82) is 0 Å². The van der Waals surface area contributed by atoms with E-state index in [1.807, 2.05) is 24.3 Å². The molecule has 114 valence electrons. The molecular formula is C16H20ClNO2S. The maximum Gasteiger partial charge on any atom is 0.308 e. The Bertz CT molecular complexity index is 525. The molecule has 3 unspecified atom stereocenters. The first-order valence-electron chi connectivity index (χ1n) is 7.52. The molecule has 0 saturated carbocycles. The van der Waals surface area contributed by atoms with Gasteiger partial charge in [0.25, 0.3) is 0 Å². The van der Waals surface area contributed by atoms with Gasteiger partial charge in [0.05, 0.1) is 10.9 Å². The summed E-state index contributed by atoms with van der Waals surface area (Å²) in [6, 6.07) is 8.70. The molecule has 2 bridgehead atoms. The van der Waals surface area contributed by atoms with E-state index in [2.05, 4.69) is 4.90 Å². The number of carboxylic acids is 1. The molecule has 3 nitrogen and oxygen atoms in total. The third kappa shape index (κ3) is 3.22. The first-order valence-corrected chi connectivity index (χ1v) is 8.89. The van der Waals surface area contributed by atoms with Gasteiger partial charge in [-0.05, 0) is 50.1 Å². The first kappa shape index (κ1) is 15.2. The fraction of sp³-hybridized carbons (Fsp3) is 0.562. The van der Waals surface area contributed by atoms with Gasteiger partial charge in [0.1, 0.15) is 0 Å². The minimum atomic E-state index is -0.613. The van der Waals surface area contributed by atoms with Crippen molar-refractivity contribution in [2.75, 3.05) is 12.3 Å². The zero-order chi connectivity index (χ0) is 14.8. The molecule has 0 radical (unpaired) electrons. The van der Waals surface area contributed by atoms with Crippen molar-refractivity contribution in [3.05, 3.63) is 29.3 Å². The molecule has 1 N–H and O–H groups in total. The number of fused-ring (bicyclic) bond motifs is 2. The van der Waals surface area contributed by atoms with E-state index in [1.54, 1.807) is 11.8 Å². The number of hydrogen-bond acceptors (Lipinski definition) is 3. The highest BCUT2D eigenvalue weighted by molar-refractivity contribution is 7.99. The van der Waals surface area contributed by atoms with Crippen molar-refractivity contribution < 1.29 is 9.90 Å². The fourth-order valence-corrected chi connectivity index (χ4v) is 4.88. The van der Waals surface area contributed by atoms with Gasteiger partial charge in [-0.1, -0.05) is 23.7 Å². The molecule has 0 amide bonds. The summed E-state index contributed by atoms with van der Waals surface area (Å²) < 4.78 is 0. The average molecular weight is 326 g/mol. The molecule has 2 heterocycles. The van der Waals surface area contributed by atoms with Gasteiger partial charge in [-0.15, -0.1) is 11.8 Å². The normalized spacial score (nSPS) is 28.1. The minimum absolute atomic E-state index is 0.139. The van der Waals surface area contributed by atoms with Crippen LogP contribution in [0.5, 0.6) is 0 Å². The standard InChI is InChI=1S/C16H20ClNO2S/c17-13-4-1-2-5-15(13)21-9-3-8-18-11-6-7-14(18)12(10-11)16(19)20/h1-2,4-5,11-12,14H,3,6-10H2,(H,19,20). The Balaban J connectivity index is 1.46. The van der Waals surface area contributed by atoms with Crippen LogP contribution < -0.4 is 0 Å². The highest BCUT2D eigenvalue weighted by Crippen LogP contribution is 2.41. The summed E-state index contributed by atoms with van der Waals surface area (Å²) in [5.41, 5.74) is 0. The van der Waals surface area contributed by atoms with Crippen LogP contribution in [-0.4, -0.2) is 40.4 Å². The van der Waals surface area contributed by atoms with Crippen molar-refractivity contribution in [3.63, 3.8) is 0 Å². The van der Waals surface area contributed by atoms with Crippen molar-refractivity contribution in [2.24, 2.45) is 5.92 Å². The Morgan fingerprint density at radius 2 is 2.19 bits per heavy atom. The molecule has 0 aliphatic carbocycles. The summed E-state index contributed by atoms with van der Waals surface area (Å²) in [4.78, 5) is 14.8. The van der Waals surface area contributed by atoms with Crippen molar-refractivity contribution in [2.45, 2.75) is 42.7 Å². The summed E-state index contributed by atoms with van der Waals surface area (Å²) in [6.07, 6.45) is 4.15. The SMILES string of the molecule is O=C(O)C1CC2CCC1N2CCCSc1ccccc1Cl. The van der Waals surface area contributed by atoms with E-state index in [1.165, 1.54) is 6.42 Å². The lowest BCUT2D eigenvalue weighted by Gasteiger charge is -2.22. The van der Waals surface area contributed by atoms with Gasteiger partial charge in [0.2, 0.25) is 0 Å². The molecule has 3 atom stereocenters. The number of aliphatic carboxylic acids is 1. The lowest BCUT2D eigenvalue weighted by Crippen LogP contribution is -2.33. The number of thioether (sulfide) groups is 1. The third-order valence-corrected chi connectivity index (χ3v) is 6.25. The summed E-state index contributed by atoms with van der Waals surface area (Å²) in [7, 11) is 0. The van der Waals surface area contributed by atoms with Crippen molar-refractivity contribution in [3.8, 4) is 0 Å². The van der Waals surface area contributed by atoms with Crippen LogP contribution in [0.25, 0.3) is 0 Å². The monoisotopic (exact) mass is 325 g/mol. The number of hydrogen-bond donors (Lipinski definition) is 1. The van der Waals surface area contributed by atoms with Crippen LogP contribution in [0, 0.1) is 5.92 Å². The Kier molecular flexibility index (Phi) is 4.77. The van der Waals surface area contributed by atoms with Crippen LogP contribution >= 0.6 is 23.4 Å². The van der Waals surface area contributed by atoms with Gasteiger partial charge >= 0.3 is 5.97 Å². The zero-order valence-electron chi connectivity index (χ0n) is 11.9. The quantitative estimate of drug-likeness (QED) is 0.638. The number of nitrogens with zero attached hydrogens (tertiary/aromatic N) is 1. The lowest BCUT2D eigenvalue weighted by molar-refractivity contribution is -0.142. The van der Waals surface area contributed by atoms with Gasteiger partial charge in [-0.3, -0.25) is 9.69 Å². The molecule has 1 aromatic carbocycles. The van der Waals surface area contributed by atoms with E-state index < -0.39 is 5.97 Å². The summed E-state index contributed by atoms with van der Waals surface area (Å²) in [5, 5.41) is 10.1. The van der Waals surface area contributed by atoms with Gasteiger partial charge in [-0.25, -0.2) is 0 Å². The van der Waals surface area contributed by atoms with Crippen LogP contribution in [0.1, 0.15) is 25.7 Å². The molecule has 2 aliphatic heterocycles. The number of carboxylic acid groups (broad SMARTS) is 1. The van der Waals surface area contributed by atoms with Crippen molar-refractivity contribution >= 4 is 29.3 Å². The van der Waals surface area contributed by atoms with Gasteiger partial charge in [0.15, 0.2) is 0 Å². The van der Waals surface area contributed by atoms with Gasteiger partial charge in [-0.2, -0.15) is 0 Å². The highest BCUT2D eigenvalue weighted by atomic mass is 35.5. The topological polar surface area (TPSA) is 40.5 Å². The van der Waals surface area contributed by atoms with E-state index >= 15 is 0 Å². The summed E-state index contributed by atoms with van der Waals surface area (Å²) in [6.45, 7) is 1.01. The van der Waals surface area contributed by atoms with Crippen LogP contribution in [0.3, 0.4) is 0 Å². The zero-order valence-corrected chi connectivity index (χ0v) is 13.4. The van der Waals surface area contributed by atoms with E-state index in [-0.39, 0.29) is 12.0 Å². The Morgan fingerprint density at radius 3 is 2.90 bits per heavy atom. The maximum absolute atomic E-state index is 11.2. The van der Waals surface area contributed by atoms with Crippen LogP contribution in [-0.2, 0) is 4.79 Å². The Labute approximate surface area is 134 Å². The van der Waals surface area contributed by atoms with E-state index in [0.29, 0.717) is 6.04 Å². The van der Waals surface area contributed by atoms with E-state index in [0.717, 1.165) is 41.5 Å². The molecule has 1 aromatic rings. The minimum Gasteiger partial charge on any atom is -0.481 e. The van der Waals surface area contributed by atoms with Gasteiger partial charge < -0.3 is 5.11 Å². The molecule has 2 fully saturated rings. The maximum atomic E-state index is 11.2. The predicted molar refractivity (Wildman–Crippen MR) is 86.1 cm³/mol. The summed E-state index contributed by atoms with van der Waals surface area (Å²) >= 11 is 7.93. The second kappa shape index (κ2) is 6.59. The molecule has 0 spiro atoms. The van der Waals surface area contributed by atoms with E-state index in [9.17, 15) is 9.90 Å². The van der Waals surface area contributed by atoms with Gasteiger partial charge in [0, 0.05) is 17.0 Å². The summed E-state index contributed by atoms with van der Waals surface area (Å²) in [5.74, 6) is 0.273. The molecule has 0 aromatic heterocycles. The molecular weight excluding hydrogens is 306 g/mol. The van der Waals surface area contributed by atoms with Crippen LogP contribution in [0.4, 0.5) is 0 Å². The molecule has 2 saturated heterocycles. The Hall–Kier alpha value is -0.710. The lowest BCUT2D eigenvalue weighted by atomic mass is 9.89. The van der Waals surface area contributed by atoms with Crippen LogP contribution in [0.15, 0.2) is 29.2 Å². The predicted octanol–water partition coefficient (Wildman–Crippen LogP) is 3.76. The second-order valence-electron chi connectivity index (χ2n) is 5.85. The Morgan fingerprint density at radius 1 is 1.38 bits per heavy atom. The van der Waals surface area contributed by atoms with E-state index in [4.69, 9.17) is 11.6 Å². The molecule has 3 rings (SSSR count). The smallest absolute Gasteiger partial charge is 0.308 e. The average Bonchev–Trinajstić information content (AvgIpc) is 3.02. The molecule has 2 aliphatic rings. The second-order valence-corrected chi connectivity index (χ2v) is 7.39. The van der Waals surface area contributed by atoms with Crippen LogP contribution in [0.2, 0.25) is 5.02 Å². The third-order valence-electron chi connectivity index (χ3n) is 4.65. The first-order chi connectivity index (χ1) is 10.2. The molecule has 21 heavy (non-hydrogen) atoms. The number of carbonyl (C=O) groups is 1. The number of halogens is 1. The molecule has 5 heteroatoms. The fourth-order valence-electron chi connectivity index (χ4n) is 3.71.